The van der Waals surface area contributed by atoms with Crippen molar-refractivity contribution in [3.8, 4) is 16.8 Å². The van der Waals surface area contributed by atoms with Gasteiger partial charge in [0, 0.05) is 50.2 Å². The second-order valence-electron chi connectivity index (χ2n) is 8.50. The van der Waals surface area contributed by atoms with Crippen LogP contribution >= 0.6 is 0 Å². The van der Waals surface area contributed by atoms with Gasteiger partial charge in [-0.1, -0.05) is 30.3 Å². The lowest BCUT2D eigenvalue weighted by Gasteiger charge is -2.36. The first-order valence-electron chi connectivity index (χ1n) is 11.4. The van der Waals surface area contributed by atoms with E-state index in [4.69, 9.17) is 0 Å². The molecule has 9 nitrogen and oxygen atoms in total. The summed E-state index contributed by atoms with van der Waals surface area (Å²) in [5, 5.41) is 4.17. The first kappa shape index (κ1) is 24.7. The third-order valence-electron chi connectivity index (χ3n) is 6.06. The molecule has 0 radical (unpaired) electrons. The lowest BCUT2D eigenvalue weighted by Crippen LogP contribution is -2.49. The van der Waals surface area contributed by atoms with Crippen molar-refractivity contribution in [2.75, 3.05) is 31.1 Å². The predicted octanol–water partition coefficient (Wildman–Crippen LogP) is 2.62. The molecule has 4 aromatic rings. The summed E-state index contributed by atoms with van der Waals surface area (Å²) in [6.45, 7) is 1.07. The first-order valence-corrected chi connectivity index (χ1v) is 13.0. The molecule has 0 spiro atoms. The third-order valence-corrected chi connectivity index (χ3v) is 7.91. The van der Waals surface area contributed by atoms with Gasteiger partial charge in [0.2, 0.25) is 10.0 Å². The van der Waals surface area contributed by atoms with Crippen molar-refractivity contribution in [2.45, 2.75) is 5.75 Å². The number of hydrogen-bond donors (Lipinski definition) is 0. The van der Waals surface area contributed by atoms with E-state index in [2.05, 4.69) is 15.1 Å². The molecule has 0 unspecified atom stereocenters. The van der Waals surface area contributed by atoms with E-state index < -0.39 is 27.2 Å². The molecule has 3 heterocycles. The third kappa shape index (κ3) is 5.25. The van der Waals surface area contributed by atoms with E-state index in [1.54, 1.807) is 24.3 Å². The number of nitrogens with zero attached hydrogens (tertiary/aromatic N) is 6. The van der Waals surface area contributed by atoms with Gasteiger partial charge in [-0.3, -0.25) is 4.79 Å². The Morgan fingerprint density at radius 1 is 0.865 bits per heavy atom. The summed E-state index contributed by atoms with van der Waals surface area (Å²) in [5.74, 6) is -1.78. The molecule has 0 amide bonds. The molecule has 1 aliphatic heterocycles. The van der Waals surface area contributed by atoms with E-state index in [-0.39, 0.29) is 30.1 Å². The molecule has 0 bridgehead atoms. The van der Waals surface area contributed by atoms with Crippen LogP contribution in [0.25, 0.3) is 16.8 Å². The van der Waals surface area contributed by atoms with Crippen LogP contribution in [-0.4, -0.2) is 58.7 Å². The van der Waals surface area contributed by atoms with Gasteiger partial charge < -0.3 is 4.90 Å². The second-order valence-corrected chi connectivity index (χ2v) is 10.5. The normalized spacial score (nSPS) is 14.6. The number of hydrogen-bond acceptors (Lipinski definition) is 7. The average Bonchev–Trinajstić information content (AvgIpc) is 2.89. The smallest absolute Gasteiger partial charge is 0.281 e. The molecule has 0 aliphatic carbocycles. The molecule has 5 rings (SSSR count). The molecule has 12 heteroatoms. The molecule has 1 saturated heterocycles. The fourth-order valence-corrected chi connectivity index (χ4v) is 5.83. The first-order chi connectivity index (χ1) is 17.8. The van der Waals surface area contributed by atoms with Gasteiger partial charge >= 0.3 is 0 Å². The molecule has 0 N–H and O–H groups in total. The lowest BCUT2D eigenvalue weighted by molar-refractivity contribution is 0.384. The maximum absolute atomic E-state index is 13.8. The van der Waals surface area contributed by atoms with Gasteiger partial charge in [-0.2, -0.15) is 14.1 Å². The average molecular weight is 525 g/mol. The highest BCUT2D eigenvalue weighted by atomic mass is 32.2. The van der Waals surface area contributed by atoms with E-state index in [1.165, 1.54) is 29.2 Å². The number of sulfonamides is 1. The van der Waals surface area contributed by atoms with E-state index in [9.17, 15) is 22.0 Å². The number of rotatable bonds is 6. The Hall–Kier alpha value is -4.03. The predicted molar refractivity (Wildman–Crippen MR) is 134 cm³/mol. The van der Waals surface area contributed by atoms with E-state index in [0.29, 0.717) is 36.0 Å². The zero-order chi connectivity index (χ0) is 26.0. The minimum atomic E-state index is -3.53. The molecule has 1 aliphatic rings. The fourth-order valence-electron chi connectivity index (χ4n) is 4.31. The molecular weight excluding hydrogens is 502 g/mol. The highest BCUT2D eigenvalue weighted by Crippen LogP contribution is 2.28. The number of benzene rings is 2. The Kier molecular flexibility index (Phi) is 6.76. The molecular formula is C25H22F2N6O3S. The van der Waals surface area contributed by atoms with Crippen molar-refractivity contribution in [2.24, 2.45) is 0 Å². The summed E-state index contributed by atoms with van der Waals surface area (Å²) < 4.78 is 56.0. The number of piperazine rings is 1. The van der Waals surface area contributed by atoms with E-state index >= 15 is 0 Å². The topological polar surface area (TPSA) is 101 Å². The summed E-state index contributed by atoms with van der Waals surface area (Å²) in [4.78, 5) is 23.4. The Balaban J connectivity index is 1.46. The van der Waals surface area contributed by atoms with Gasteiger partial charge in [0.25, 0.3) is 5.56 Å². The Morgan fingerprint density at radius 3 is 2.16 bits per heavy atom. The van der Waals surface area contributed by atoms with Crippen LogP contribution < -0.4 is 10.5 Å². The molecule has 0 atom stereocenters. The van der Waals surface area contributed by atoms with Crippen molar-refractivity contribution < 1.29 is 17.2 Å². The Morgan fingerprint density at radius 2 is 1.51 bits per heavy atom. The number of aromatic nitrogens is 4. The minimum absolute atomic E-state index is 0.0658. The quantitative estimate of drug-likeness (QED) is 0.382. The van der Waals surface area contributed by atoms with Gasteiger partial charge in [0.15, 0.2) is 0 Å². The Bertz CT molecular complexity index is 1560. The molecule has 190 valence electrons. The van der Waals surface area contributed by atoms with E-state index in [0.717, 1.165) is 16.8 Å². The molecule has 0 saturated carbocycles. The van der Waals surface area contributed by atoms with Crippen molar-refractivity contribution in [3.63, 3.8) is 0 Å². The van der Waals surface area contributed by atoms with Crippen LogP contribution in [0.3, 0.4) is 0 Å². The summed E-state index contributed by atoms with van der Waals surface area (Å²) in [5.41, 5.74) is 1.07. The zero-order valence-electron chi connectivity index (χ0n) is 19.5. The van der Waals surface area contributed by atoms with Crippen LogP contribution in [0.15, 0.2) is 78.2 Å². The SMILES string of the molecule is O=c1c(-c2cncnc2)c(N2CCN(S(=O)(=O)Cc3ccccc3)CC2)cnn1-c1cc(F)cc(F)c1. The van der Waals surface area contributed by atoms with Crippen LogP contribution in [0.5, 0.6) is 0 Å². The maximum atomic E-state index is 13.8. The molecule has 37 heavy (non-hydrogen) atoms. The van der Waals surface area contributed by atoms with Crippen LogP contribution in [0, 0.1) is 11.6 Å². The van der Waals surface area contributed by atoms with Crippen LogP contribution in [0.2, 0.25) is 0 Å². The zero-order valence-corrected chi connectivity index (χ0v) is 20.4. The standard InChI is InChI=1S/C25H22F2N6O3S/c26-20-10-21(27)12-22(11-20)33-25(34)24(19-13-28-17-29-14-19)23(15-30-33)31-6-8-32(9-7-31)37(35,36)16-18-4-2-1-3-5-18/h1-5,10-15,17H,6-9,16H2. The second kappa shape index (κ2) is 10.1. The minimum Gasteiger partial charge on any atom is -0.367 e. The Labute approximate surface area is 211 Å². The van der Waals surface area contributed by atoms with Crippen LogP contribution in [0.4, 0.5) is 14.5 Å². The largest absolute Gasteiger partial charge is 0.367 e. The van der Waals surface area contributed by atoms with Gasteiger partial charge in [-0.05, 0) is 17.7 Å². The van der Waals surface area contributed by atoms with Gasteiger partial charge in [0.05, 0.1) is 28.9 Å². The van der Waals surface area contributed by atoms with Crippen LogP contribution in [0.1, 0.15) is 5.56 Å². The monoisotopic (exact) mass is 524 g/mol. The van der Waals surface area contributed by atoms with Crippen LogP contribution in [-0.2, 0) is 15.8 Å². The molecule has 1 fully saturated rings. The van der Waals surface area contributed by atoms with Crippen molar-refractivity contribution >= 4 is 15.7 Å². The molecule has 2 aromatic heterocycles. The summed E-state index contributed by atoms with van der Waals surface area (Å²) in [6.07, 6.45) is 5.68. The van der Waals surface area contributed by atoms with Gasteiger partial charge in [-0.25, -0.2) is 27.2 Å². The summed E-state index contributed by atoms with van der Waals surface area (Å²) in [7, 11) is -3.53. The van der Waals surface area contributed by atoms with Gasteiger partial charge in [0.1, 0.15) is 18.0 Å². The number of anilines is 1. The lowest BCUT2D eigenvalue weighted by atomic mass is 10.1. The number of halogens is 2. The van der Waals surface area contributed by atoms with Crippen molar-refractivity contribution in [1.82, 2.24) is 24.1 Å². The highest BCUT2D eigenvalue weighted by Gasteiger charge is 2.29. The summed E-state index contributed by atoms with van der Waals surface area (Å²) in [6, 6.07) is 11.7. The van der Waals surface area contributed by atoms with Gasteiger partial charge in [-0.15, -0.1) is 0 Å². The maximum Gasteiger partial charge on any atom is 0.281 e. The fraction of sp³-hybridized carbons (Fsp3) is 0.200. The van der Waals surface area contributed by atoms with Crippen molar-refractivity contribution in [1.29, 1.82) is 0 Å². The highest BCUT2D eigenvalue weighted by molar-refractivity contribution is 7.88. The van der Waals surface area contributed by atoms with Crippen molar-refractivity contribution in [3.05, 3.63) is 101 Å². The van der Waals surface area contributed by atoms with E-state index in [1.807, 2.05) is 11.0 Å². The molecule has 2 aromatic carbocycles. The summed E-state index contributed by atoms with van der Waals surface area (Å²) >= 11 is 0.